The minimum atomic E-state index is -4.18. The Labute approximate surface area is 203 Å². The van der Waals surface area contributed by atoms with Crippen LogP contribution in [0.4, 0.5) is 17.1 Å². The molecule has 0 saturated carbocycles. The van der Waals surface area contributed by atoms with E-state index in [9.17, 15) is 18.0 Å². The number of hydrogen-bond acceptors (Lipinski definition) is 6. The molecule has 3 aromatic rings. The van der Waals surface area contributed by atoms with Crippen molar-refractivity contribution in [3.05, 3.63) is 72.3 Å². The summed E-state index contributed by atoms with van der Waals surface area (Å²) in [5, 5.41) is 2.72. The first-order chi connectivity index (χ1) is 16.7. The Morgan fingerprint density at radius 1 is 1.03 bits per heavy atom. The van der Waals surface area contributed by atoms with Crippen LogP contribution >= 0.6 is 0 Å². The summed E-state index contributed by atoms with van der Waals surface area (Å²) in [4.78, 5) is 27.1. The van der Waals surface area contributed by atoms with Crippen LogP contribution in [0.2, 0.25) is 0 Å². The van der Waals surface area contributed by atoms with Crippen molar-refractivity contribution >= 4 is 38.9 Å². The lowest BCUT2D eigenvalue weighted by Gasteiger charge is -2.32. The smallest absolute Gasteiger partial charge is 0.264 e. The molecule has 0 atom stereocenters. The molecule has 0 unspecified atom stereocenters. The van der Waals surface area contributed by atoms with Crippen LogP contribution in [-0.2, 0) is 19.6 Å². The maximum atomic E-state index is 13.8. The van der Waals surface area contributed by atoms with Gasteiger partial charge in [-0.3, -0.25) is 18.8 Å². The lowest BCUT2D eigenvalue weighted by molar-refractivity contribution is -0.121. The zero-order chi connectivity index (χ0) is 25.2. The molecule has 0 bridgehead atoms. The van der Waals surface area contributed by atoms with Crippen LogP contribution in [0.15, 0.2) is 71.6 Å². The molecule has 0 fully saturated rings. The van der Waals surface area contributed by atoms with Gasteiger partial charge in [0.25, 0.3) is 10.0 Å². The molecule has 4 rings (SSSR count). The molecule has 0 radical (unpaired) electrons. The highest BCUT2D eigenvalue weighted by atomic mass is 32.2. The zero-order valence-corrected chi connectivity index (χ0v) is 20.3. The minimum absolute atomic E-state index is 0.0190. The number of fused-ring (bicyclic) bond motifs is 1. The summed E-state index contributed by atoms with van der Waals surface area (Å²) in [6, 6.07) is 17.8. The molecular formula is C25H25N3O6S. The van der Waals surface area contributed by atoms with Crippen molar-refractivity contribution in [1.29, 1.82) is 0 Å². The van der Waals surface area contributed by atoms with Gasteiger partial charge >= 0.3 is 0 Å². The van der Waals surface area contributed by atoms with Crippen LogP contribution < -0.4 is 24.0 Å². The lowest BCUT2D eigenvalue weighted by Crippen LogP contribution is -2.48. The number of carbonyl (C=O) groups excluding carboxylic acids is 2. The molecule has 3 aromatic carbocycles. The van der Waals surface area contributed by atoms with Gasteiger partial charge in [0.2, 0.25) is 11.8 Å². The van der Waals surface area contributed by atoms with Crippen molar-refractivity contribution in [2.75, 3.05) is 41.8 Å². The summed E-state index contributed by atoms with van der Waals surface area (Å²) >= 11 is 0. The van der Waals surface area contributed by atoms with Crippen LogP contribution in [0.1, 0.15) is 5.56 Å². The Hall–Kier alpha value is -4.05. The van der Waals surface area contributed by atoms with Crippen molar-refractivity contribution in [1.82, 2.24) is 0 Å². The van der Waals surface area contributed by atoms with Gasteiger partial charge in [0, 0.05) is 6.07 Å². The molecule has 10 heteroatoms. The average molecular weight is 496 g/mol. The number of para-hydroxylation sites is 2. The van der Waals surface area contributed by atoms with Crippen molar-refractivity contribution in [3.63, 3.8) is 0 Å². The number of carbonyl (C=O) groups is 2. The first-order valence-corrected chi connectivity index (χ1v) is 12.2. The summed E-state index contributed by atoms with van der Waals surface area (Å²) < 4.78 is 39.2. The van der Waals surface area contributed by atoms with Crippen LogP contribution in [0.25, 0.3) is 0 Å². The number of hydrogen-bond donors (Lipinski definition) is 1. The zero-order valence-electron chi connectivity index (χ0n) is 19.5. The summed E-state index contributed by atoms with van der Waals surface area (Å²) in [5.41, 5.74) is 2.03. The van der Waals surface area contributed by atoms with E-state index in [1.54, 1.807) is 48.5 Å². The maximum Gasteiger partial charge on any atom is 0.264 e. The fraction of sp³-hybridized carbons (Fsp3) is 0.200. The highest BCUT2D eigenvalue weighted by molar-refractivity contribution is 7.92. The molecule has 2 amide bonds. The Bertz CT molecular complexity index is 1370. The van der Waals surface area contributed by atoms with E-state index in [2.05, 4.69) is 5.32 Å². The van der Waals surface area contributed by atoms with Crippen LogP contribution in [0, 0.1) is 6.92 Å². The van der Waals surface area contributed by atoms with E-state index in [-0.39, 0.29) is 28.8 Å². The van der Waals surface area contributed by atoms with E-state index < -0.39 is 22.5 Å². The predicted molar refractivity (Wildman–Crippen MR) is 133 cm³/mol. The second kappa shape index (κ2) is 9.67. The lowest BCUT2D eigenvalue weighted by atomic mass is 10.2. The Morgan fingerprint density at radius 3 is 2.43 bits per heavy atom. The number of nitrogens with zero attached hydrogens (tertiary/aromatic N) is 2. The van der Waals surface area contributed by atoms with Crippen molar-refractivity contribution < 1.29 is 27.5 Å². The third-order valence-corrected chi connectivity index (χ3v) is 7.39. The number of amides is 2. The van der Waals surface area contributed by atoms with Gasteiger partial charge in [0.15, 0.2) is 0 Å². The Kier molecular flexibility index (Phi) is 6.65. The van der Waals surface area contributed by atoms with E-state index in [1.165, 1.54) is 37.3 Å². The summed E-state index contributed by atoms with van der Waals surface area (Å²) in [7, 11) is -1.29. The van der Waals surface area contributed by atoms with Crippen LogP contribution in [0.5, 0.6) is 11.5 Å². The number of anilines is 3. The molecule has 35 heavy (non-hydrogen) atoms. The number of nitrogens with one attached hydrogen (secondary N) is 1. The molecule has 0 aromatic heterocycles. The summed E-state index contributed by atoms with van der Waals surface area (Å²) in [5.74, 6) is -0.260. The highest BCUT2D eigenvalue weighted by Crippen LogP contribution is 2.36. The van der Waals surface area contributed by atoms with E-state index in [0.29, 0.717) is 17.1 Å². The normalized spacial score (nSPS) is 13.0. The highest BCUT2D eigenvalue weighted by Gasteiger charge is 2.34. The first-order valence-electron chi connectivity index (χ1n) is 10.8. The van der Waals surface area contributed by atoms with Crippen LogP contribution in [-0.4, -0.2) is 47.5 Å². The molecule has 0 aliphatic carbocycles. The largest absolute Gasteiger partial charge is 0.497 e. The number of methoxy groups -OCH3 is 2. The number of aryl methyl sites for hydroxylation is 1. The second-order valence-electron chi connectivity index (χ2n) is 7.91. The van der Waals surface area contributed by atoms with Crippen molar-refractivity contribution in [2.24, 2.45) is 0 Å². The van der Waals surface area contributed by atoms with Gasteiger partial charge in [-0.2, -0.15) is 0 Å². The van der Waals surface area contributed by atoms with Gasteiger partial charge in [0.1, 0.15) is 24.6 Å². The van der Waals surface area contributed by atoms with Gasteiger partial charge in [-0.05, 0) is 43.3 Å². The predicted octanol–water partition coefficient (Wildman–Crippen LogP) is 3.19. The molecule has 1 N–H and O–H groups in total. The monoisotopic (exact) mass is 495 g/mol. The fourth-order valence-electron chi connectivity index (χ4n) is 3.79. The van der Waals surface area contributed by atoms with E-state index in [0.717, 1.165) is 9.87 Å². The average Bonchev–Trinajstić information content (AvgIpc) is 2.86. The van der Waals surface area contributed by atoms with Gasteiger partial charge in [0.05, 0.1) is 36.2 Å². The second-order valence-corrected chi connectivity index (χ2v) is 9.77. The number of ether oxygens (including phenoxy) is 2. The molecule has 1 aliphatic rings. The van der Waals surface area contributed by atoms with Gasteiger partial charge in [-0.25, -0.2) is 8.42 Å². The van der Waals surface area contributed by atoms with Crippen LogP contribution in [0.3, 0.4) is 0 Å². The van der Waals surface area contributed by atoms with Gasteiger partial charge < -0.3 is 14.8 Å². The third-order valence-electron chi connectivity index (χ3n) is 5.62. The van der Waals surface area contributed by atoms with Crippen molar-refractivity contribution in [2.45, 2.75) is 11.8 Å². The molecule has 182 valence electrons. The summed E-state index contributed by atoms with van der Waals surface area (Å²) in [6.45, 7) is 1.07. The fourth-order valence-corrected chi connectivity index (χ4v) is 5.22. The molecule has 0 spiro atoms. The quantitative estimate of drug-likeness (QED) is 0.540. The Balaban J connectivity index is 1.79. The third kappa shape index (κ3) is 4.78. The van der Waals surface area contributed by atoms with Crippen molar-refractivity contribution in [3.8, 4) is 11.5 Å². The number of rotatable bonds is 7. The Morgan fingerprint density at radius 2 is 1.74 bits per heavy atom. The standard InChI is InChI=1S/C25H25N3O6S/c1-17-8-11-19(12-9-17)35(31,32)28(22-13-10-18(33-2)14-23(22)34-3)16-25(30)27-15-24(29)26-20-6-4-5-7-21(20)27/h4-14H,15-16H2,1-3H3,(H,26,29). The number of benzene rings is 3. The van der Waals surface area contributed by atoms with E-state index >= 15 is 0 Å². The van der Waals surface area contributed by atoms with Gasteiger partial charge in [-0.15, -0.1) is 0 Å². The molecular weight excluding hydrogens is 470 g/mol. The molecule has 1 aliphatic heterocycles. The topological polar surface area (TPSA) is 105 Å². The van der Waals surface area contributed by atoms with E-state index in [1.807, 2.05) is 6.92 Å². The number of sulfonamides is 1. The molecule has 0 saturated heterocycles. The SMILES string of the molecule is COc1ccc(N(CC(=O)N2CC(=O)Nc3ccccc32)S(=O)(=O)c2ccc(C)cc2)c(OC)c1. The van der Waals surface area contributed by atoms with Gasteiger partial charge in [-0.1, -0.05) is 29.8 Å². The molecule has 1 heterocycles. The van der Waals surface area contributed by atoms with E-state index in [4.69, 9.17) is 9.47 Å². The first kappa shape index (κ1) is 24.1. The summed E-state index contributed by atoms with van der Waals surface area (Å²) in [6.07, 6.45) is 0. The minimum Gasteiger partial charge on any atom is -0.497 e. The molecule has 9 nitrogen and oxygen atoms in total. The maximum absolute atomic E-state index is 13.8.